The van der Waals surface area contributed by atoms with Crippen molar-refractivity contribution in [2.24, 2.45) is 0 Å². The Morgan fingerprint density at radius 1 is 0.882 bits per heavy atom. The largest absolute Gasteiger partial charge is 0.489 e. The number of ether oxygens (including phenoxy) is 1. The van der Waals surface area contributed by atoms with E-state index in [-0.39, 0.29) is 5.91 Å². The van der Waals surface area contributed by atoms with E-state index in [1.54, 1.807) is 6.07 Å². The number of amides is 1. The molecule has 0 saturated heterocycles. The number of carbonyl (C=O) groups excluding carboxylic acids is 1. The van der Waals surface area contributed by atoms with Crippen LogP contribution in [-0.2, 0) is 23.8 Å². The van der Waals surface area contributed by atoms with Gasteiger partial charge in [0.15, 0.2) is 0 Å². The Morgan fingerprint density at radius 2 is 1.59 bits per heavy atom. The number of rotatable bonds is 11. The van der Waals surface area contributed by atoms with Gasteiger partial charge in [0.1, 0.15) is 12.4 Å². The standard InChI is InChI=1S/C29H35NO3S/c1-5-7-19-34(32)28-12-9-8-11-26(28)30-29(31)25-17-18-27(22(4)21(25)3)33-20-24-15-13-23(10-6-2)14-16-24/h8-9,11-18H,5-7,10,19-20H2,1-4H3,(H,30,31). The van der Waals surface area contributed by atoms with E-state index in [9.17, 15) is 9.00 Å². The van der Waals surface area contributed by atoms with Gasteiger partial charge in [-0.1, -0.05) is 63.1 Å². The summed E-state index contributed by atoms with van der Waals surface area (Å²) >= 11 is 0. The van der Waals surface area contributed by atoms with Crippen molar-refractivity contribution in [2.75, 3.05) is 11.1 Å². The van der Waals surface area contributed by atoms with Crippen molar-refractivity contribution in [3.8, 4) is 5.75 Å². The lowest BCUT2D eigenvalue weighted by Gasteiger charge is -2.16. The van der Waals surface area contributed by atoms with E-state index in [4.69, 9.17) is 4.74 Å². The summed E-state index contributed by atoms with van der Waals surface area (Å²) in [5.74, 6) is 1.15. The fourth-order valence-corrected chi connectivity index (χ4v) is 5.16. The normalized spacial score (nSPS) is 11.8. The number of nitrogens with one attached hydrogen (secondary N) is 1. The molecule has 1 atom stereocenters. The van der Waals surface area contributed by atoms with Crippen LogP contribution in [-0.4, -0.2) is 15.9 Å². The summed E-state index contributed by atoms with van der Waals surface area (Å²) < 4.78 is 18.8. The minimum atomic E-state index is -1.14. The van der Waals surface area contributed by atoms with Gasteiger partial charge in [-0.25, -0.2) is 0 Å². The predicted octanol–water partition coefficient (Wildman–Crippen LogP) is 6.99. The van der Waals surface area contributed by atoms with E-state index < -0.39 is 10.8 Å². The highest BCUT2D eigenvalue weighted by Gasteiger charge is 2.17. The first-order valence-electron chi connectivity index (χ1n) is 12.0. The molecule has 0 saturated carbocycles. The molecule has 0 aliphatic heterocycles. The third-order valence-corrected chi connectivity index (χ3v) is 7.51. The maximum Gasteiger partial charge on any atom is 0.255 e. The summed E-state index contributed by atoms with van der Waals surface area (Å²) in [6.07, 6.45) is 4.09. The average molecular weight is 478 g/mol. The number of benzene rings is 3. The van der Waals surface area contributed by atoms with Gasteiger partial charge in [-0.15, -0.1) is 0 Å². The predicted molar refractivity (Wildman–Crippen MR) is 141 cm³/mol. The quantitative estimate of drug-likeness (QED) is 0.324. The van der Waals surface area contributed by atoms with E-state index in [0.29, 0.717) is 28.5 Å². The molecule has 3 aromatic rings. The highest BCUT2D eigenvalue weighted by atomic mass is 32.2. The van der Waals surface area contributed by atoms with E-state index >= 15 is 0 Å². The topological polar surface area (TPSA) is 55.4 Å². The summed E-state index contributed by atoms with van der Waals surface area (Å²) in [5, 5.41) is 2.97. The maximum atomic E-state index is 13.1. The zero-order valence-corrected chi connectivity index (χ0v) is 21.5. The molecule has 0 heterocycles. The lowest BCUT2D eigenvalue weighted by atomic mass is 10.0. The van der Waals surface area contributed by atoms with Crippen LogP contribution in [0.1, 0.15) is 65.7 Å². The molecule has 0 aliphatic carbocycles. The highest BCUT2D eigenvalue weighted by Crippen LogP contribution is 2.27. The van der Waals surface area contributed by atoms with Crippen LogP contribution in [0.25, 0.3) is 0 Å². The Morgan fingerprint density at radius 3 is 2.29 bits per heavy atom. The van der Waals surface area contributed by atoms with Gasteiger partial charge in [-0.2, -0.15) is 0 Å². The molecule has 34 heavy (non-hydrogen) atoms. The molecule has 1 amide bonds. The molecule has 180 valence electrons. The number of carbonyl (C=O) groups is 1. The molecule has 5 heteroatoms. The van der Waals surface area contributed by atoms with Gasteiger partial charge in [0, 0.05) is 11.3 Å². The summed E-state index contributed by atoms with van der Waals surface area (Å²) in [5.41, 5.74) is 5.46. The van der Waals surface area contributed by atoms with Crippen LogP contribution in [0.2, 0.25) is 0 Å². The van der Waals surface area contributed by atoms with Crippen LogP contribution in [0.15, 0.2) is 65.6 Å². The SMILES string of the molecule is CCCCS(=O)c1ccccc1NC(=O)c1ccc(OCc2ccc(CCC)cc2)c(C)c1C. The minimum Gasteiger partial charge on any atom is -0.489 e. The van der Waals surface area contributed by atoms with E-state index in [0.717, 1.165) is 48.1 Å². The Bertz CT molecular complexity index is 1140. The third kappa shape index (κ3) is 6.57. The van der Waals surface area contributed by atoms with E-state index in [1.807, 2.05) is 44.2 Å². The van der Waals surface area contributed by atoms with Gasteiger partial charge in [-0.3, -0.25) is 9.00 Å². The number of hydrogen-bond donors (Lipinski definition) is 1. The monoisotopic (exact) mass is 477 g/mol. The maximum absolute atomic E-state index is 13.1. The molecule has 3 aromatic carbocycles. The summed E-state index contributed by atoms with van der Waals surface area (Å²) in [6.45, 7) is 8.64. The van der Waals surface area contributed by atoms with Crippen LogP contribution in [0, 0.1) is 13.8 Å². The van der Waals surface area contributed by atoms with Crippen LogP contribution < -0.4 is 10.1 Å². The second-order valence-corrected chi connectivity index (χ2v) is 10.1. The lowest BCUT2D eigenvalue weighted by molar-refractivity contribution is 0.102. The summed E-state index contributed by atoms with van der Waals surface area (Å²) in [4.78, 5) is 13.8. The molecule has 1 unspecified atom stereocenters. The van der Waals surface area contributed by atoms with Crippen molar-refractivity contribution in [3.05, 3.63) is 88.5 Å². The minimum absolute atomic E-state index is 0.210. The molecular formula is C29H35NO3S. The molecule has 0 aromatic heterocycles. The number of anilines is 1. The number of hydrogen-bond acceptors (Lipinski definition) is 3. The van der Waals surface area contributed by atoms with Gasteiger partial charge in [0.2, 0.25) is 0 Å². The van der Waals surface area contributed by atoms with Crippen molar-refractivity contribution < 1.29 is 13.7 Å². The lowest BCUT2D eigenvalue weighted by Crippen LogP contribution is -2.16. The molecule has 4 nitrogen and oxygen atoms in total. The van der Waals surface area contributed by atoms with Gasteiger partial charge in [-0.05, 0) is 73.2 Å². The Labute approximate surface area is 206 Å². The van der Waals surface area contributed by atoms with Crippen LogP contribution in [0.3, 0.4) is 0 Å². The van der Waals surface area contributed by atoms with Gasteiger partial charge >= 0.3 is 0 Å². The zero-order valence-electron chi connectivity index (χ0n) is 20.6. The van der Waals surface area contributed by atoms with Crippen LogP contribution in [0.5, 0.6) is 5.75 Å². The molecule has 1 N–H and O–H groups in total. The first-order chi connectivity index (χ1) is 16.4. The van der Waals surface area contributed by atoms with E-state index in [2.05, 4.69) is 43.4 Å². The number of unbranched alkanes of at least 4 members (excludes halogenated alkanes) is 1. The second kappa shape index (κ2) is 12.5. The first-order valence-corrected chi connectivity index (χ1v) is 13.4. The smallest absolute Gasteiger partial charge is 0.255 e. The molecule has 0 spiro atoms. The number of aryl methyl sites for hydroxylation is 1. The molecule has 3 rings (SSSR count). The van der Waals surface area contributed by atoms with Gasteiger partial charge in [0.05, 0.1) is 21.4 Å². The number of para-hydroxylation sites is 1. The molecular weight excluding hydrogens is 442 g/mol. The van der Waals surface area contributed by atoms with Gasteiger partial charge in [0.25, 0.3) is 5.91 Å². The Hall–Kier alpha value is -2.92. The fourth-order valence-electron chi connectivity index (χ4n) is 3.79. The van der Waals surface area contributed by atoms with Crippen LogP contribution >= 0.6 is 0 Å². The first kappa shape index (κ1) is 25.7. The summed E-state index contributed by atoms with van der Waals surface area (Å²) in [6, 6.07) is 19.5. The van der Waals surface area contributed by atoms with Crippen molar-refractivity contribution in [2.45, 2.75) is 64.9 Å². The van der Waals surface area contributed by atoms with Crippen molar-refractivity contribution in [3.63, 3.8) is 0 Å². The van der Waals surface area contributed by atoms with E-state index in [1.165, 1.54) is 5.56 Å². The Balaban J connectivity index is 1.71. The van der Waals surface area contributed by atoms with Crippen LogP contribution in [0.4, 0.5) is 5.69 Å². The second-order valence-electron chi connectivity index (χ2n) is 8.57. The zero-order chi connectivity index (χ0) is 24.5. The average Bonchev–Trinajstić information content (AvgIpc) is 2.84. The fraction of sp³-hybridized carbons (Fsp3) is 0.345. The molecule has 0 bridgehead atoms. The highest BCUT2D eigenvalue weighted by molar-refractivity contribution is 7.85. The van der Waals surface area contributed by atoms with Crippen molar-refractivity contribution in [1.29, 1.82) is 0 Å². The van der Waals surface area contributed by atoms with Crippen molar-refractivity contribution in [1.82, 2.24) is 0 Å². The molecule has 0 fully saturated rings. The third-order valence-electron chi connectivity index (χ3n) is 6.00. The Kier molecular flexibility index (Phi) is 9.46. The van der Waals surface area contributed by atoms with Crippen molar-refractivity contribution >= 4 is 22.4 Å². The molecule has 0 radical (unpaired) electrons. The van der Waals surface area contributed by atoms with Gasteiger partial charge < -0.3 is 10.1 Å². The summed E-state index contributed by atoms with van der Waals surface area (Å²) in [7, 11) is -1.14. The molecule has 0 aliphatic rings.